The maximum atomic E-state index is 5.74. The number of ether oxygens (including phenoxy) is 1. The Morgan fingerprint density at radius 3 is 2.71 bits per heavy atom. The number of likely N-dealkylation sites (N-methyl/N-ethyl adjacent to an activating group) is 3. The zero-order valence-electron chi connectivity index (χ0n) is 15.8. The fourth-order valence-corrected chi connectivity index (χ4v) is 2.80. The van der Waals surface area contributed by atoms with Gasteiger partial charge in [0.2, 0.25) is 0 Å². The van der Waals surface area contributed by atoms with Crippen LogP contribution in [0.3, 0.4) is 0 Å². The SMILES string of the molecule is CCNC(=NCC1CN(C)CCN1C)N(C)CCOCC1CC1.I. The number of guanidine groups is 1. The minimum Gasteiger partial charge on any atom is -0.379 e. The molecule has 2 aliphatic rings. The lowest BCUT2D eigenvalue weighted by molar-refractivity contribution is 0.114. The van der Waals surface area contributed by atoms with E-state index in [4.69, 9.17) is 9.73 Å². The third-order valence-corrected chi connectivity index (χ3v) is 4.75. The highest BCUT2D eigenvalue weighted by atomic mass is 127. The van der Waals surface area contributed by atoms with E-state index in [2.05, 4.69) is 48.1 Å². The van der Waals surface area contributed by atoms with Crippen molar-refractivity contribution in [3.63, 3.8) is 0 Å². The molecule has 2 fully saturated rings. The molecule has 1 N–H and O–H groups in total. The number of hydrogen-bond donors (Lipinski definition) is 1. The Labute approximate surface area is 165 Å². The normalized spacial score (nSPS) is 23.0. The summed E-state index contributed by atoms with van der Waals surface area (Å²) < 4.78 is 5.74. The quantitative estimate of drug-likeness (QED) is 0.259. The van der Waals surface area contributed by atoms with Gasteiger partial charge in [-0.3, -0.25) is 9.89 Å². The van der Waals surface area contributed by atoms with E-state index in [-0.39, 0.29) is 24.0 Å². The summed E-state index contributed by atoms with van der Waals surface area (Å²) in [6.45, 7) is 9.82. The predicted octanol–water partition coefficient (Wildman–Crippen LogP) is 1.17. The highest BCUT2D eigenvalue weighted by molar-refractivity contribution is 14.0. The molecule has 0 aromatic heterocycles. The lowest BCUT2D eigenvalue weighted by Gasteiger charge is -2.37. The Hall–Kier alpha value is -0.120. The van der Waals surface area contributed by atoms with Gasteiger partial charge in [0.25, 0.3) is 0 Å². The molecular weight excluding hydrogens is 417 g/mol. The maximum absolute atomic E-state index is 5.74. The van der Waals surface area contributed by atoms with Crippen molar-refractivity contribution in [2.24, 2.45) is 10.9 Å². The number of halogens is 1. The van der Waals surface area contributed by atoms with Gasteiger partial charge in [-0.2, -0.15) is 0 Å². The molecule has 1 aliphatic carbocycles. The van der Waals surface area contributed by atoms with Gasteiger partial charge in [-0.25, -0.2) is 0 Å². The van der Waals surface area contributed by atoms with Crippen molar-refractivity contribution in [3.05, 3.63) is 0 Å². The van der Waals surface area contributed by atoms with Gasteiger partial charge in [-0.1, -0.05) is 0 Å². The lowest BCUT2D eigenvalue weighted by atomic mass is 10.2. The molecule has 1 heterocycles. The first-order valence-corrected chi connectivity index (χ1v) is 9.06. The fraction of sp³-hybridized carbons (Fsp3) is 0.941. The van der Waals surface area contributed by atoms with Crippen LogP contribution in [0.1, 0.15) is 19.8 Å². The number of aliphatic imine (C=N–C) groups is 1. The van der Waals surface area contributed by atoms with Gasteiger partial charge in [-0.15, -0.1) is 24.0 Å². The highest BCUT2D eigenvalue weighted by Gasteiger charge is 2.22. The van der Waals surface area contributed by atoms with E-state index in [1.54, 1.807) is 0 Å². The summed E-state index contributed by atoms with van der Waals surface area (Å²) in [6, 6.07) is 0.502. The summed E-state index contributed by atoms with van der Waals surface area (Å²) in [5, 5.41) is 3.40. The standard InChI is InChI=1S/C17H35N5O.HI/c1-5-18-17(22(4)10-11-23-14-15-6-7-15)19-12-16-13-20(2)8-9-21(16)3;/h15-16H,5-14H2,1-4H3,(H,18,19);1H. The second-order valence-electron chi connectivity index (χ2n) is 7.03. The lowest BCUT2D eigenvalue weighted by Crippen LogP contribution is -2.51. The van der Waals surface area contributed by atoms with E-state index >= 15 is 0 Å². The summed E-state index contributed by atoms with van der Waals surface area (Å²) in [5.74, 6) is 1.82. The number of piperazine rings is 1. The van der Waals surface area contributed by atoms with Crippen molar-refractivity contribution in [3.8, 4) is 0 Å². The Kier molecular flexibility index (Phi) is 10.5. The second-order valence-corrected chi connectivity index (χ2v) is 7.03. The average molecular weight is 453 g/mol. The minimum atomic E-state index is 0. The monoisotopic (exact) mass is 453 g/mol. The molecule has 0 aromatic carbocycles. The van der Waals surface area contributed by atoms with E-state index in [1.807, 2.05) is 0 Å². The Bertz CT molecular complexity index is 378. The van der Waals surface area contributed by atoms with Crippen LogP contribution < -0.4 is 5.32 Å². The Morgan fingerprint density at radius 1 is 1.29 bits per heavy atom. The molecule has 0 bridgehead atoms. The first-order chi connectivity index (χ1) is 11.1. The zero-order valence-corrected chi connectivity index (χ0v) is 18.2. The van der Waals surface area contributed by atoms with Crippen LogP contribution in [0.15, 0.2) is 4.99 Å². The molecule has 1 saturated heterocycles. The number of hydrogen-bond acceptors (Lipinski definition) is 4. The minimum absolute atomic E-state index is 0. The van der Waals surface area contributed by atoms with Crippen LogP contribution in [0.5, 0.6) is 0 Å². The summed E-state index contributed by atoms with van der Waals surface area (Å²) in [4.78, 5) is 11.9. The topological polar surface area (TPSA) is 43.3 Å². The van der Waals surface area contributed by atoms with Crippen LogP contribution in [0.2, 0.25) is 0 Å². The van der Waals surface area contributed by atoms with Gasteiger partial charge in [0, 0.05) is 52.4 Å². The maximum Gasteiger partial charge on any atom is 0.193 e. The third-order valence-electron chi connectivity index (χ3n) is 4.75. The van der Waals surface area contributed by atoms with E-state index < -0.39 is 0 Å². The molecule has 142 valence electrons. The number of nitrogens with zero attached hydrogens (tertiary/aromatic N) is 4. The molecule has 7 heteroatoms. The van der Waals surface area contributed by atoms with Crippen molar-refractivity contribution in [1.82, 2.24) is 20.0 Å². The summed E-state index contributed by atoms with van der Waals surface area (Å²) in [7, 11) is 6.49. The first kappa shape index (κ1) is 21.9. The van der Waals surface area contributed by atoms with E-state index in [1.165, 1.54) is 12.8 Å². The van der Waals surface area contributed by atoms with Gasteiger partial charge >= 0.3 is 0 Å². The summed E-state index contributed by atoms with van der Waals surface area (Å²) in [5.41, 5.74) is 0. The molecule has 1 aliphatic heterocycles. The van der Waals surface area contributed by atoms with Gasteiger partial charge in [-0.05, 0) is 39.8 Å². The van der Waals surface area contributed by atoms with Gasteiger partial charge < -0.3 is 19.9 Å². The zero-order chi connectivity index (χ0) is 16.7. The van der Waals surface area contributed by atoms with Crippen LogP contribution in [0.25, 0.3) is 0 Å². The summed E-state index contributed by atoms with van der Waals surface area (Å²) in [6.07, 6.45) is 2.70. The smallest absolute Gasteiger partial charge is 0.193 e. The molecule has 1 saturated carbocycles. The van der Waals surface area contributed by atoms with E-state index in [9.17, 15) is 0 Å². The van der Waals surface area contributed by atoms with Gasteiger partial charge in [0.15, 0.2) is 5.96 Å². The molecule has 1 unspecified atom stereocenters. The molecular formula is C17H36IN5O. The highest BCUT2D eigenvalue weighted by Crippen LogP contribution is 2.28. The number of nitrogens with one attached hydrogen (secondary N) is 1. The van der Waals surface area contributed by atoms with Crippen LogP contribution in [-0.2, 0) is 4.74 Å². The molecule has 24 heavy (non-hydrogen) atoms. The number of rotatable bonds is 8. The fourth-order valence-electron chi connectivity index (χ4n) is 2.80. The van der Waals surface area contributed by atoms with Crippen LogP contribution in [0.4, 0.5) is 0 Å². The van der Waals surface area contributed by atoms with Crippen LogP contribution in [0, 0.1) is 5.92 Å². The van der Waals surface area contributed by atoms with Crippen molar-refractivity contribution in [2.45, 2.75) is 25.8 Å². The van der Waals surface area contributed by atoms with Crippen molar-refractivity contribution >= 4 is 29.9 Å². The van der Waals surface area contributed by atoms with Crippen molar-refractivity contribution in [1.29, 1.82) is 0 Å². The Morgan fingerprint density at radius 2 is 2.04 bits per heavy atom. The molecule has 2 rings (SSSR count). The molecule has 0 aromatic rings. The molecule has 1 atom stereocenters. The predicted molar refractivity (Wildman–Crippen MR) is 111 cm³/mol. The molecule has 6 nitrogen and oxygen atoms in total. The molecule has 0 radical (unpaired) electrons. The van der Waals surface area contributed by atoms with E-state index in [0.29, 0.717) is 6.04 Å². The van der Waals surface area contributed by atoms with Gasteiger partial charge in [0.05, 0.1) is 13.2 Å². The largest absolute Gasteiger partial charge is 0.379 e. The van der Waals surface area contributed by atoms with Crippen molar-refractivity contribution in [2.75, 3.05) is 73.6 Å². The second kappa shape index (κ2) is 11.5. The summed E-state index contributed by atoms with van der Waals surface area (Å²) >= 11 is 0. The molecule has 0 spiro atoms. The average Bonchev–Trinajstić information content (AvgIpc) is 3.35. The van der Waals surface area contributed by atoms with Gasteiger partial charge in [0.1, 0.15) is 0 Å². The van der Waals surface area contributed by atoms with Crippen molar-refractivity contribution < 1.29 is 4.74 Å². The molecule has 0 amide bonds. The van der Waals surface area contributed by atoms with E-state index in [0.717, 1.165) is 64.4 Å². The van der Waals surface area contributed by atoms with Crippen LogP contribution >= 0.6 is 24.0 Å². The Balaban J connectivity index is 0.00000288. The van der Waals surface area contributed by atoms with Crippen LogP contribution in [-0.4, -0.2) is 100 Å². The third kappa shape index (κ3) is 7.84. The first-order valence-electron chi connectivity index (χ1n) is 9.06.